The molecule has 0 fully saturated rings. The van der Waals surface area contributed by atoms with Crippen molar-refractivity contribution in [2.45, 2.75) is 4.90 Å². The van der Waals surface area contributed by atoms with E-state index < -0.39 is 32.2 Å². The number of hydrogen-bond acceptors (Lipinski definition) is 5. The third-order valence-electron chi connectivity index (χ3n) is 2.13. The number of nitrogen functional groups attached to an aromatic ring is 1. The molecule has 0 unspecified atom stereocenters. The van der Waals surface area contributed by atoms with E-state index in [1.54, 1.807) is 0 Å². The molecule has 0 bridgehead atoms. The summed E-state index contributed by atoms with van der Waals surface area (Å²) in [7, 11) is -4.28. The van der Waals surface area contributed by atoms with Crippen molar-refractivity contribution < 1.29 is 17.2 Å². The molecule has 0 aliphatic rings. The van der Waals surface area contributed by atoms with E-state index in [1.807, 2.05) is 4.72 Å². The summed E-state index contributed by atoms with van der Waals surface area (Å²) in [6.07, 6.45) is 2.61. The van der Waals surface area contributed by atoms with Crippen LogP contribution in [-0.4, -0.2) is 18.4 Å². The van der Waals surface area contributed by atoms with Gasteiger partial charge < -0.3 is 5.73 Å². The Hall–Kier alpha value is -2.29. The SMILES string of the molecule is Nc1cc(S(=O)(=O)Nc2ncccn2)c(F)cc1F. The highest BCUT2D eigenvalue weighted by Gasteiger charge is 2.22. The van der Waals surface area contributed by atoms with E-state index in [1.165, 1.54) is 18.5 Å². The van der Waals surface area contributed by atoms with Gasteiger partial charge in [0.15, 0.2) is 0 Å². The Morgan fingerprint density at radius 1 is 1.11 bits per heavy atom. The first-order valence-electron chi connectivity index (χ1n) is 4.94. The molecule has 0 aliphatic heterocycles. The van der Waals surface area contributed by atoms with Crippen molar-refractivity contribution in [2.75, 3.05) is 10.5 Å². The molecule has 1 aromatic carbocycles. The van der Waals surface area contributed by atoms with Crippen molar-refractivity contribution >= 4 is 21.7 Å². The van der Waals surface area contributed by atoms with Crippen LogP contribution in [0.5, 0.6) is 0 Å². The van der Waals surface area contributed by atoms with Crippen LogP contribution in [0.1, 0.15) is 0 Å². The third-order valence-corrected chi connectivity index (χ3v) is 3.48. The van der Waals surface area contributed by atoms with Gasteiger partial charge in [-0.1, -0.05) is 0 Å². The Balaban J connectivity index is 2.43. The second-order valence-electron chi connectivity index (χ2n) is 3.48. The molecule has 19 heavy (non-hydrogen) atoms. The molecule has 100 valence electrons. The van der Waals surface area contributed by atoms with Crippen molar-refractivity contribution in [3.63, 3.8) is 0 Å². The first kappa shape index (κ1) is 13.1. The molecule has 3 N–H and O–H groups in total. The maximum Gasteiger partial charge on any atom is 0.267 e. The number of anilines is 2. The lowest BCUT2D eigenvalue weighted by atomic mass is 10.3. The van der Waals surface area contributed by atoms with Crippen LogP contribution in [0.4, 0.5) is 20.4 Å². The highest BCUT2D eigenvalue weighted by atomic mass is 32.2. The molecular weight excluding hydrogens is 278 g/mol. The molecule has 6 nitrogen and oxygen atoms in total. The van der Waals surface area contributed by atoms with Crippen molar-refractivity contribution in [2.24, 2.45) is 0 Å². The molecule has 0 aliphatic carbocycles. The van der Waals surface area contributed by atoms with Crippen LogP contribution in [0.3, 0.4) is 0 Å². The van der Waals surface area contributed by atoms with E-state index in [2.05, 4.69) is 9.97 Å². The maximum absolute atomic E-state index is 13.5. The summed E-state index contributed by atoms with van der Waals surface area (Å²) in [6.45, 7) is 0. The van der Waals surface area contributed by atoms with Crippen LogP contribution in [0.25, 0.3) is 0 Å². The number of sulfonamides is 1. The minimum atomic E-state index is -4.28. The van der Waals surface area contributed by atoms with Gasteiger partial charge in [0.2, 0.25) is 5.95 Å². The topological polar surface area (TPSA) is 98.0 Å². The zero-order valence-electron chi connectivity index (χ0n) is 9.34. The summed E-state index contributed by atoms with van der Waals surface area (Å²) in [4.78, 5) is 6.48. The first-order chi connectivity index (χ1) is 8.90. The number of halogens is 2. The summed E-state index contributed by atoms with van der Waals surface area (Å²) >= 11 is 0. The summed E-state index contributed by atoms with van der Waals surface area (Å²) in [5, 5.41) is 0. The molecule has 0 amide bonds. The molecule has 0 saturated heterocycles. The summed E-state index contributed by atoms with van der Waals surface area (Å²) in [5.74, 6) is -2.52. The summed E-state index contributed by atoms with van der Waals surface area (Å²) in [6, 6.07) is 2.57. The van der Waals surface area contributed by atoms with Gasteiger partial charge in [0, 0.05) is 18.5 Å². The normalized spacial score (nSPS) is 11.3. The van der Waals surface area contributed by atoms with Crippen LogP contribution < -0.4 is 10.5 Å². The quantitative estimate of drug-likeness (QED) is 0.824. The Labute approximate surface area is 107 Å². The Bertz CT molecular complexity index is 707. The van der Waals surface area contributed by atoms with Gasteiger partial charge in [0.05, 0.1) is 5.69 Å². The fraction of sp³-hybridized carbons (Fsp3) is 0. The predicted molar refractivity (Wildman–Crippen MR) is 63.6 cm³/mol. The molecule has 1 aromatic heterocycles. The number of benzene rings is 1. The zero-order valence-corrected chi connectivity index (χ0v) is 10.2. The van der Waals surface area contributed by atoms with Gasteiger partial charge in [-0.2, -0.15) is 0 Å². The van der Waals surface area contributed by atoms with Crippen LogP contribution in [-0.2, 0) is 10.0 Å². The number of hydrogen-bond donors (Lipinski definition) is 2. The molecule has 0 atom stereocenters. The predicted octanol–water partition coefficient (Wildman–Crippen LogP) is 1.14. The van der Waals surface area contributed by atoms with E-state index in [0.717, 1.165) is 0 Å². The van der Waals surface area contributed by atoms with Gasteiger partial charge >= 0.3 is 0 Å². The van der Waals surface area contributed by atoms with E-state index in [4.69, 9.17) is 5.73 Å². The number of nitrogens with zero attached hydrogens (tertiary/aromatic N) is 2. The maximum atomic E-state index is 13.5. The van der Waals surface area contributed by atoms with Gasteiger partial charge in [-0.05, 0) is 12.1 Å². The van der Waals surface area contributed by atoms with E-state index in [9.17, 15) is 17.2 Å². The van der Waals surface area contributed by atoms with Crippen molar-refractivity contribution in [1.82, 2.24) is 9.97 Å². The third kappa shape index (κ3) is 2.76. The summed E-state index contributed by atoms with van der Waals surface area (Å²) in [5.41, 5.74) is 4.74. The fourth-order valence-electron chi connectivity index (χ4n) is 1.28. The molecule has 0 spiro atoms. The zero-order chi connectivity index (χ0) is 14.0. The number of nitrogens with two attached hydrogens (primary N) is 1. The second-order valence-corrected chi connectivity index (χ2v) is 5.13. The standard InChI is InChI=1S/C10H8F2N4O2S/c11-6-4-7(12)9(5-8(6)13)19(17,18)16-10-14-2-1-3-15-10/h1-5H,13H2,(H,14,15,16). The minimum absolute atomic E-state index is 0.232. The van der Waals surface area contributed by atoms with Crippen molar-refractivity contribution in [3.05, 3.63) is 42.2 Å². The van der Waals surface area contributed by atoms with Crippen LogP contribution >= 0.6 is 0 Å². The van der Waals surface area contributed by atoms with Crippen molar-refractivity contribution in [1.29, 1.82) is 0 Å². The molecule has 2 rings (SSSR count). The smallest absolute Gasteiger partial charge is 0.267 e. The molecule has 0 saturated carbocycles. The number of nitrogens with one attached hydrogen (secondary N) is 1. The lowest BCUT2D eigenvalue weighted by molar-refractivity contribution is 0.553. The fourth-order valence-corrected chi connectivity index (χ4v) is 2.33. The van der Waals surface area contributed by atoms with Gasteiger partial charge in [-0.15, -0.1) is 0 Å². The Morgan fingerprint density at radius 2 is 1.74 bits per heavy atom. The lowest BCUT2D eigenvalue weighted by Gasteiger charge is -2.08. The molecule has 1 heterocycles. The van der Waals surface area contributed by atoms with E-state index in [-0.39, 0.29) is 5.95 Å². The molecule has 0 radical (unpaired) electrons. The van der Waals surface area contributed by atoms with E-state index in [0.29, 0.717) is 12.1 Å². The van der Waals surface area contributed by atoms with Crippen LogP contribution in [0, 0.1) is 11.6 Å². The highest BCUT2D eigenvalue weighted by Crippen LogP contribution is 2.22. The largest absolute Gasteiger partial charge is 0.396 e. The average molecular weight is 286 g/mol. The van der Waals surface area contributed by atoms with E-state index >= 15 is 0 Å². The summed E-state index contributed by atoms with van der Waals surface area (Å²) < 4.78 is 52.2. The van der Waals surface area contributed by atoms with Crippen LogP contribution in [0.2, 0.25) is 0 Å². The molecule has 2 aromatic rings. The van der Waals surface area contributed by atoms with Gasteiger partial charge in [0.1, 0.15) is 16.5 Å². The first-order valence-corrected chi connectivity index (χ1v) is 6.43. The van der Waals surface area contributed by atoms with Crippen molar-refractivity contribution in [3.8, 4) is 0 Å². The van der Waals surface area contributed by atoms with Crippen LogP contribution in [0.15, 0.2) is 35.5 Å². The van der Waals surface area contributed by atoms with Gasteiger partial charge in [0.25, 0.3) is 10.0 Å². The van der Waals surface area contributed by atoms with Gasteiger partial charge in [-0.3, -0.25) is 0 Å². The number of rotatable bonds is 3. The Morgan fingerprint density at radius 3 is 2.37 bits per heavy atom. The lowest BCUT2D eigenvalue weighted by Crippen LogP contribution is -2.17. The highest BCUT2D eigenvalue weighted by molar-refractivity contribution is 7.92. The molecular formula is C10H8F2N4O2S. The minimum Gasteiger partial charge on any atom is -0.396 e. The average Bonchev–Trinajstić information content (AvgIpc) is 2.34. The Kier molecular flexibility index (Phi) is 3.30. The molecule has 9 heteroatoms. The monoisotopic (exact) mass is 286 g/mol. The number of aromatic nitrogens is 2. The van der Waals surface area contributed by atoms with Gasteiger partial charge in [-0.25, -0.2) is 31.9 Å². The second kappa shape index (κ2) is 4.76.